The van der Waals surface area contributed by atoms with Gasteiger partial charge in [-0.3, -0.25) is 15.2 Å². The van der Waals surface area contributed by atoms with Crippen LogP contribution in [-0.4, -0.2) is 79.3 Å². The Morgan fingerprint density at radius 2 is 1.86 bits per heavy atom. The molecule has 16 heteroatoms. The van der Waals surface area contributed by atoms with Gasteiger partial charge in [-0.1, -0.05) is 6.07 Å². The summed E-state index contributed by atoms with van der Waals surface area (Å²) in [5.74, 6) is -1.01. The summed E-state index contributed by atoms with van der Waals surface area (Å²) < 4.78 is 27.4. The van der Waals surface area contributed by atoms with Crippen molar-refractivity contribution < 1.29 is 13.2 Å². The quantitative estimate of drug-likeness (QED) is 0.188. The van der Waals surface area contributed by atoms with Gasteiger partial charge < -0.3 is 21.4 Å². The van der Waals surface area contributed by atoms with E-state index in [1.807, 2.05) is 6.07 Å². The van der Waals surface area contributed by atoms with Crippen molar-refractivity contribution >= 4 is 39.4 Å². The molecule has 1 amide bonds. The minimum absolute atomic E-state index is 0.0409. The lowest BCUT2D eigenvalue weighted by atomic mass is 9.87. The Balaban J connectivity index is 1.40. The van der Waals surface area contributed by atoms with Gasteiger partial charge in [-0.05, 0) is 31.7 Å². The van der Waals surface area contributed by atoms with E-state index < -0.39 is 21.4 Å². The molecular weight excluding hydrogens is 562 g/mol. The largest absolute Gasteiger partial charge is 0.382 e. The van der Waals surface area contributed by atoms with E-state index in [4.69, 9.17) is 21.9 Å². The van der Waals surface area contributed by atoms with E-state index in [-0.39, 0.29) is 34.6 Å². The fourth-order valence-electron chi connectivity index (χ4n) is 6.07. The van der Waals surface area contributed by atoms with Crippen molar-refractivity contribution in [2.75, 3.05) is 12.0 Å². The summed E-state index contributed by atoms with van der Waals surface area (Å²) in [6.45, 7) is 0. The van der Waals surface area contributed by atoms with Crippen LogP contribution in [0.5, 0.6) is 0 Å². The second kappa shape index (κ2) is 10.1. The highest BCUT2D eigenvalue weighted by molar-refractivity contribution is 7.91. The van der Waals surface area contributed by atoms with Gasteiger partial charge in [0.1, 0.15) is 17.1 Å². The van der Waals surface area contributed by atoms with Crippen LogP contribution in [0.3, 0.4) is 0 Å². The number of fused-ring (bicyclic) bond motifs is 3. The number of hydrogen-bond acceptors (Lipinski definition) is 10. The van der Waals surface area contributed by atoms with Crippen molar-refractivity contribution in [3.8, 4) is 22.4 Å². The normalized spacial score (nSPS) is 20.6. The smallest absolute Gasteiger partial charge is 0.344 e. The first-order chi connectivity index (χ1) is 20.1. The van der Waals surface area contributed by atoms with Crippen LogP contribution in [0.2, 0.25) is 0 Å². The van der Waals surface area contributed by atoms with Crippen LogP contribution in [-0.2, 0) is 14.6 Å². The van der Waals surface area contributed by atoms with E-state index in [0.717, 1.165) is 25.4 Å². The van der Waals surface area contributed by atoms with Crippen molar-refractivity contribution in [1.29, 1.82) is 5.41 Å². The Kier molecular flexibility index (Phi) is 6.56. The number of nitrogens with one attached hydrogen (secondary N) is 2. The van der Waals surface area contributed by atoms with Gasteiger partial charge in [0.05, 0.1) is 17.6 Å². The number of aromatic nitrogens is 6. The predicted molar refractivity (Wildman–Crippen MR) is 154 cm³/mol. The number of sulfone groups is 1. The summed E-state index contributed by atoms with van der Waals surface area (Å²) in [5, 5.41) is 11.5. The third-order valence-corrected chi connectivity index (χ3v) is 9.01. The van der Waals surface area contributed by atoms with E-state index in [1.54, 1.807) is 23.4 Å². The van der Waals surface area contributed by atoms with Gasteiger partial charge in [0.2, 0.25) is 0 Å². The standard InChI is InChI=1S/C26H27N11O4S/c1-42(40,41)21-20(14-6-16-3-4-17(7-14)36(16)25(38)22(28)33-12-27)35-24-18(11-34-37(24)23(21)29)13-2-5-19(30-8-13)15-9-31-26(39)32-10-15/h2,5,8-12,14,16-17H,3-4,6-7,29H2,1H3,(H3,27,28,33)(H,31,32,39). The zero-order valence-electron chi connectivity index (χ0n) is 22.4. The lowest BCUT2D eigenvalue weighted by molar-refractivity contribution is -0.128. The molecule has 2 fully saturated rings. The van der Waals surface area contributed by atoms with Crippen LogP contribution in [0.1, 0.15) is 37.3 Å². The van der Waals surface area contributed by atoms with Gasteiger partial charge in [-0.2, -0.15) is 9.61 Å². The van der Waals surface area contributed by atoms with Crippen molar-refractivity contribution in [3.05, 3.63) is 53.1 Å². The van der Waals surface area contributed by atoms with E-state index in [0.29, 0.717) is 46.6 Å². The van der Waals surface area contributed by atoms with Gasteiger partial charge in [-0.15, -0.1) is 0 Å². The van der Waals surface area contributed by atoms with Gasteiger partial charge in [0.15, 0.2) is 21.3 Å². The monoisotopic (exact) mass is 589 g/mol. The van der Waals surface area contributed by atoms with Crippen molar-refractivity contribution in [2.45, 2.75) is 48.6 Å². The molecular formula is C26H27N11O4S. The predicted octanol–water partition coefficient (Wildman–Crippen LogP) is 0.729. The van der Waals surface area contributed by atoms with Crippen molar-refractivity contribution in [1.82, 2.24) is 34.4 Å². The number of amides is 1. The summed E-state index contributed by atoms with van der Waals surface area (Å²) in [6.07, 6.45) is 10.4. The fourth-order valence-corrected chi connectivity index (χ4v) is 7.13. The van der Waals surface area contributed by atoms with Gasteiger partial charge in [-0.25, -0.2) is 28.2 Å². The summed E-state index contributed by atoms with van der Waals surface area (Å²) in [6, 6.07) is 3.21. The number of amidine groups is 1. The second-order valence-corrected chi connectivity index (χ2v) is 12.4. The first kappa shape index (κ1) is 27.2. The average molecular weight is 590 g/mol. The molecule has 2 unspecified atom stereocenters. The molecule has 0 aliphatic carbocycles. The summed E-state index contributed by atoms with van der Waals surface area (Å²) in [7, 11) is -3.80. The zero-order chi connectivity index (χ0) is 29.8. The number of aliphatic imine (C=N–C) groups is 1. The molecule has 0 spiro atoms. The number of nitrogen functional groups attached to an aromatic ring is 1. The van der Waals surface area contributed by atoms with E-state index in [2.05, 4.69) is 25.0 Å². The molecule has 2 bridgehead atoms. The molecule has 216 valence electrons. The number of nitrogens with zero attached hydrogens (tertiary/aromatic N) is 7. The SMILES string of the molecule is CS(=O)(=O)c1c(C2CC3CCC(C2)N3C(=O)C(N)=NC=N)nc2c(-c3ccc(-c4cnc(=O)[nH]c4)nc3)cnn2c1N. The number of pyridine rings is 1. The molecule has 0 aromatic carbocycles. The summed E-state index contributed by atoms with van der Waals surface area (Å²) in [5.41, 5.74) is 15.0. The second-order valence-electron chi connectivity index (χ2n) is 10.4. The molecule has 0 radical (unpaired) electrons. The van der Waals surface area contributed by atoms with Crippen LogP contribution >= 0.6 is 0 Å². The fraction of sp³-hybridized carbons (Fsp3) is 0.308. The highest BCUT2D eigenvalue weighted by atomic mass is 32.2. The third-order valence-electron chi connectivity index (χ3n) is 7.85. The van der Waals surface area contributed by atoms with E-state index in [9.17, 15) is 18.0 Å². The zero-order valence-corrected chi connectivity index (χ0v) is 23.2. The van der Waals surface area contributed by atoms with E-state index in [1.165, 1.54) is 16.9 Å². The number of aromatic amines is 1. The maximum atomic E-state index is 13.0. The third kappa shape index (κ3) is 4.58. The molecule has 42 heavy (non-hydrogen) atoms. The van der Waals surface area contributed by atoms with E-state index >= 15 is 0 Å². The molecule has 2 atom stereocenters. The molecule has 2 saturated heterocycles. The first-order valence-electron chi connectivity index (χ1n) is 13.1. The van der Waals surface area contributed by atoms with Gasteiger partial charge in [0.25, 0.3) is 5.91 Å². The molecule has 2 aliphatic rings. The number of carbonyl (C=O) groups is 1. The molecule has 6 rings (SSSR count). The molecule has 6 N–H and O–H groups in total. The van der Waals surface area contributed by atoms with Crippen LogP contribution in [0.4, 0.5) is 5.82 Å². The van der Waals surface area contributed by atoms with Gasteiger partial charge >= 0.3 is 5.69 Å². The average Bonchev–Trinajstić information content (AvgIpc) is 3.50. The molecule has 6 heterocycles. The number of nitrogens with two attached hydrogens (primary N) is 2. The van der Waals surface area contributed by atoms with Crippen molar-refractivity contribution in [3.63, 3.8) is 0 Å². The Morgan fingerprint density at radius 1 is 1.14 bits per heavy atom. The molecule has 0 saturated carbocycles. The molecule has 4 aromatic heterocycles. The van der Waals surface area contributed by atoms with Crippen LogP contribution in [0.15, 0.2) is 51.6 Å². The number of H-pyrrole nitrogens is 1. The minimum atomic E-state index is -3.80. The Labute approximate surface area is 239 Å². The van der Waals surface area contributed by atoms with Crippen LogP contribution in [0, 0.1) is 5.41 Å². The van der Waals surface area contributed by atoms with Gasteiger partial charge in [0, 0.05) is 59.5 Å². The summed E-state index contributed by atoms with van der Waals surface area (Å²) in [4.78, 5) is 45.1. The minimum Gasteiger partial charge on any atom is -0.382 e. The number of carbonyl (C=O) groups excluding carboxylic acids is 1. The lowest BCUT2D eigenvalue weighted by Crippen LogP contribution is -2.50. The molecule has 2 aliphatic heterocycles. The van der Waals surface area contributed by atoms with Crippen LogP contribution in [0.25, 0.3) is 28.0 Å². The lowest BCUT2D eigenvalue weighted by Gasteiger charge is -2.39. The molecule has 4 aromatic rings. The van der Waals surface area contributed by atoms with Crippen molar-refractivity contribution in [2.24, 2.45) is 10.7 Å². The Hall–Kier alpha value is -4.99. The highest BCUT2D eigenvalue weighted by Gasteiger charge is 2.46. The Morgan fingerprint density at radius 3 is 2.45 bits per heavy atom. The number of anilines is 1. The number of piperidine rings is 1. The maximum absolute atomic E-state index is 13.0. The highest BCUT2D eigenvalue weighted by Crippen LogP contribution is 2.45. The number of rotatable bonds is 5. The maximum Gasteiger partial charge on any atom is 0.344 e. The first-order valence-corrected chi connectivity index (χ1v) is 15.0. The number of hydrogen-bond donors (Lipinski definition) is 4. The van der Waals surface area contributed by atoms with Crippen LogP contribution < -0.4 is 17.2 Å². The Bertz CT molecular complexity index is 1900. The topological polar surface area (TPSA) is 232 Å². The summed E-state index contributed by atoms with van der Waals surface area (Å²) >= 11 is 0. The molecule has 15 nitrogen and oxygen atoms in total.